The Bertz CT molecular complexity index is 737. The van der Waals surface area contributed by atoms with Crippen LogP contribution in [0.25, 0.3) is 0 Å². The highest BCUT2D eigenvalue weighted by Crippen LogP contribution is 2.41. The van der Waals surface area contributed by atoms with Gasteiger partial charge in [-0.1, -0.05) is 28.1 Å². The Hall–Kier alpha value is -1.53. The summed E-state index contributed by atoms with van der Waals surface area (Å²) in [5.41, 5.74) is 3.77. The van der Waals surface area contributed by atoms with Crippen molar-refractivity contribution in [3.8, 4) is 0 Å². The molecule has 0 amide bonds. The molecule has 1 atom stereocenters. The average molecular weight is 394 g/mol. The van der Waals surface area contributed by atoms with Crippen LogP contribution in [0, 0.1) is 0 Å². The molecule has 0 unspecified atom stereocenters. The van der Waals surface area contributed by atoms with Gasteiger partial charge in [-0.25, -0.2) is 4.79 Å². The third-order valence-electron chi connectivity index (χ3n) is 4.03. The van der Waals surface area contributed by atoms with Crippen LogP contribution >= 0.6 is 27.7 Å². The molecule has 0 aliphatic carbocycles. The lowest BCUT2D eigenvalue weighted by Gasteiger charge is -2.33. The van der Waals surface area contributed by atoms with Crippen molar-refractivity contribution in [2.75, 3.05) is 18.6 Å². The van der Waals surface area contributed by atoms with E-state index in [2.05, 4.69) is 21.2 Å². The maximum Gasteiger partial charge on any atom is 0.336 e. The maximum atomic E-state index is 12.5. The van der Waals surface area contributed by atoms with Crippen LogP contribution in [0.4, 0.5) is 0 Å². The van der Waals surface area contributed by atoms with Crippen LogP contribution in [0.5, 0.6) is 0 Å². The van der Waals surface area contributed by atoms with Crippen molar-refractivity contribution in [1.29, 1.82) is 0 Å². The van der Waals surface area contributed by atoms with Gasteiger partial charge in [0.15, 0.2) is 5.78 Å². The van der Waals surface area contributed by atoms with E-state index < -0.39 is 5.97 Å². The van der Waals surface area contributed by atoms with E-state index in [1.165, 1.54) is 7.11 Å². The summed E-state index contributed by atoms with van der Waals surface area (Å²) in [6.07, 6.45) is 0. The molecule has 2 heterocycles. The molecule has 1 aromatic carbocycles. The second-order valence-electron chi connectivity index (χ2n) is 5.45. The third-order valence-corrected chi connectivity index (χ3v) is 5.52. The van der Waals surface area contributed by atoms with E-state index >= 15 is 0 Å². The van der Waals surface area contributed by atoms with Gasteiger partial charge in [-0.3, -0.25) is 4.79 Å². The topological polar surface area (TPSA) is 55.4 Å². The lowest BCUT2D eigenvalue weighted by Crippen LogP contribution is -2.35. The van der Waals surface area contributed by atoms with Gasteiger partial charge in [0.25, 0.3) is 0 Å². The number of benzene rings is 1. The predicted octanol–water partition coefficient (Wildman–Crippen LogP) is 3.15. The Balaban J connectivity index is 2.18. The Kier molecular flexibility index (Phi) is 4.64. The van der Waals surface area contributed by atoms with Gasteiger partial charge >= 0.3 is 5.97 Å². The number of dihydropyridines is 1. The number of rotatable bonds is 2. The van der Waals surface area contributed by atoms with E-state index in [0.29, 0.717) is 16.9 Å². The standard InChI is InChI=1S/C17H16BrNO3S/c1-9-14(17(21)22-2)15(10-3-5-11(18)6-4-10)16-12(19-9)7-23-8-13(16)20/h3-6,15,19H,7-8H2,1-2H3/t15-/m1/s1. The molecular formula is C17H16BrNO3S. The second-order valence-corrected chi connectivity index (χ2v) is 7.35. The molecule has 3 rings (SSSR count). The number of halogens is 1. The van der Waals surface area contributed by atoms with E-state index in [0.717, 1.165) is 27.2 Å². The summed E-state index contributed by atoms with van der Waals surface area (Å²) in [6, 6.07) is 7.72. The zero-order valence-electron chi connectivity index (χ0n) is 12.8. The minimum absolute atomic E-state index is 0.0746. The largest absolute Gasteiger partial charge is 0.466 e. The lowest BCUT2D eigenvalue weighted by molar-refractivity contribution is -0.136. The van der Waals surface area contributed by atoms with Crippen LogP contribution in [0.15, 0.2) is 51.3 Å². The van der Waals surface area contributed by atoms with Crippen LogP contribution in [0.3, 0.4) is 0 Å². The van der Waals surface area contributed by atoms with Crippen LogP contribution in [0.2, 0.25) is 0 Å². The number of ether oxygens (including phenoxy) is 1. The number of esters is 1. The fourth-order valence-electron chi connectivity index (χ4n) is 3.03. The average Bonchev–Trinajstić information content (AvgIpc) is 2.54. The molecule has 0 saturated carbocycles. The summed E-state index contributed by atoms with van der Waals surface area (Å²) in [4.78, 5) is 24.9. The fraction of sp³-hybridized carbons (Fsp3) is 0.294. The van der Waals surface area contributed by atoms with Crippen molar-refractivity contribution in [3.63, 3.8) is 0 Å². The molecule has 0 aromatic heterocycles. The van der Waals surface area contributed by atoms with Gasteiger partial charge in [-0.15, -0.1) is 11.8 Å². The number of hydrogen-bond donors (Lipinski definition) is 1. The number of carbonyl (C=O) groups excluding carboxylic acids is 2. The minimum atomic E-state index is -0.402. The number of hydrogen-bond acceptors (Lipinski definition) is 5. The normalized spacial score (nSPS) is 21.0. The van der Waals surface area contributed by atoms with Gasteiger partial charge in [0.05, 0.1) is 18.4 Å². The Morgan fingerprint density at radius 1 is 1.30 bits per heavy atom. The summed E-state index contributed by atoms with van der Waals surface area (Å²) >= 11 is 5.01. The van der Waals surface area contributed by atoms with Crippen LogP contribution in [-0.4, -0.2) is 30.4 Å². The van der Waals surface area contributed by atoms with Crippen molar-refractivity contribution in [2.24, 2.45) is 0 Å². The molecule has 0 spiro atoms. The van der Waals surface area contributed by atoms with E-state index in [4.69, 9.17) is 4.74 Å². The van der Waals surface area contributed by atoms with Gasteiger partial charge < -0.3 is 10.1 Å². The molecule has 0 fully saturated rings. The Morgan fingerprint density at radius 3 is 2.65 bits per heavy atom. The van der Waals surface area contributed by atoms with Crippen molar-refractivity contribution in [1.82, 2.24) is 5.32 Å². The minimum Gasteiger partial charge on any atom is -0.466 e. The molecule has 0 bridgehead atoms. The molecule has 1 N–H and O–H groups in total. The quantitative estimate of drug-likeness (QED) is 0.782. The summed E-state index contributed by atoms with van der Waals surface area (Å²) in [6.45, 7) is 1.85. The zero-order valence-corrected chi connectivity index (χ0v) is 15.2. The van der Waals surface area contributed by atoms with Gasteiger partial charge in [-0.2, -0.15) is 0 Å². The monoisotopic (exact) mass is 393 g/mol. The van der Waals surface area contributed by atoms with Gasteiger partial charge in [0, 0.05) is 33.1 Å². The first-order chi connectivity index (χ1) is 11.0. The SMILES string of the molecule is COC(=O)C1=C(C)NC2=C(C(=O)CSC2)[C@@H]1c1ccc(Br)cc1. The third kappa shape index (κ3) is 2.97. The van der Waals surface area contributed by atoms with E-state index in [9.17, 15) is 9.59 Å². The first-order valence-electron chi connectivity index (χ1n) is 7.18. The molecule has 4 nitrogen and oxygen atoms in total. The van der Waals surface area contributed by atoms with Crippen molar-refractivity contribution in [2.45, 2.75) is 12.8 Å². The molecule has 0 saturated heterocycles. The molecule has 2 aliphatic heterocycles. The van der Waals surface area contributed by atoms with E-state index in [1.54, 1.807) is 11.8 Å². The first kappa shape index (κ1) is 16.3. The van der Waals surface area contributed by atoms with Gasteiger partial charge in [0.1, 0.15) is 0 Å². The molecule has 0 radical (unpaired) electrons. The summed E-state index contributed by atoms with van der Waals surface area (Å²) in [5, 5.41) is 3.23. The van der Waals surface area contributed by atoms with Crippen molar-refractivity contribution >= 4 is 39.4 Å². The second kappa shape index (κ2) is 6.53. The lowest BCUT2D eigenvalue weighted by atomic mass is 9.79. The van der Waals surface area contributed by atoms with E-state index in [1.807, 2.05) is 31.2 Å². The van der Waals surface area contributed by atoms with Gasteiger partial charge in [0.2, 0.25) is 0 Å². The number of thioether (sulfide) groups is 1. The highest BCUT2D eigenvalue weighted by Gasteiger charge is 2.38. The summed E-state index contributed by atoms with van der Waals surface area (Å²) < 4.78 is 5.92. The van der Waals surface area contributed by atoms with Crippen LogP contribution < -0.4 is 5.32 Å². The number of ketones is 1. The van der Waals surface area contributed by atoms with Crippen molar-refractivity contribution < 1.29 is 14.3 Å². The highest BCUT2D eigenvalue weighted by molar-refractivity contribution is 9.10. The highest BCUT2D eigenvalue weighted by atomic mass is 79.9. The smallest absolute Gasteiger partial charge is 0.336 e. The number of Topliss-reactive ketones (excluding diaryl/α,β-unsaturated/α-hetero) is 1. The zero-order chi connectivity index (χ0) is 16.6. The molecule has 2 aliphatic rings. The molecule has 23 heavy (non-hydrogen) atoms. The predicted molar refractivity (Wildman–Crippen MR) is 94.1 cm³/mol. The van der Waals surface area contributed by atoms with Crippen LogP contribution in [-0.2, 0) is 14.3 Å². The van der Waals surface area contributed by atoms with Crippen molar-refractivity contribution in [3.05, 3.63) is 56.8 Å². The van der Waals surface area contributed by atoms with E-state index in [-0.39, 0.29) is 11.7 Å². The number of allylic oxidation sites excluding steroid dienone is 2. The Morgan fingerprint density at radius 2 is 2.00 bits per heavy atom. The van der Waals surface area contributed by atoms with Crippen LogP contribution in [0.1, 0.15) is 18.4 Å². The maximum absolute atomic E-state index is 12.5. The number of carbonyl (C=O) groups is 2. The molecule has 6 heteroatoms. The summed E-state index contributed by atoms with van der Waals surface area (Å²) in [5.74, 6) is 0.493. The number of nitrogens with one attached hydrogen (secondary N) is 1. The molecule has 1 aromatic rings. The molecular weight excluding hydrogens is 378 g/mol. The van der Waals surface area contributed by atoms with Gasteiger partial charge in [-0.05, 0) is 24.6 Å². The fourth-order valence-corrected chi connectivity index (χ4v) is 4.17. The number of methoxy groups -OCH3 is 1. The molecule has 120 valence electrons. The summed E-state index contributed by atoms with van der Waals surface area (Å²) in [7, 11) is 1.36. The Labute approximate surface area is 147 Å². The first-order valence-corrected chi connectivity index (χ1v) is 9.13.